The predicted octanol–water partition coefficient (Wildman–Crippen LogP) is 3.18. The summed E-state index contributed by atoms with van der Waals surface area (Å²) in [7, 11) is 0. The molecule has 3 heterocycles. The molecule has 5 rings (SSSR count). The minimum absolute atomic E-state index is 0.109. The van der Waals surface area contributed by atoms with Crippen LogP contribution in [-0.4, -0.2) is 29.0 Å². The Kier molecular flexibility index (Phi) is 3.00. The average molecular weight is 341 g/mol. The number of hydrogen-bond donors (Lipinski definition) is 2. The topological polar surface area (TPSA) is 52.9 Å². The Bertz CT molecular complexity index is 816. The van der Waals surface area contributed by atoms with Crippen LogP contribution < -0.4 is 9.64 Å². The first-order valence-corrected chi connectivity index (χ1v) is 9.28. The number of phenols is 1. The number of phenolic OH excluding ortho intramolecular Hbond substituents is 1. The lowest BCUT2D eigenvalue weighted by molar-refractivity contribution is 0.0857. The van der Waals surface area contributed by atoms with E-state index >= 15 is 0 Å². The molecule has 124 valence electrons. The van der Waals surface area contributed by atoms with Crippen molar-refractivity contribution in [3.63, 3.8) is 0 Å². The summed E-state index contributed by atoms with van der Waals surface area (Å²) >= 11 is 1.71. The maximum absolute atomic E-state index is 10.3. The summed E-state index contributed by atoms with van der Waals surface area (Å²) in [5.41, 5.74) is 3.33. The lowest BCUT2D eigenvalue weighted by Gasteiger charge is -2.36. The number of anilines is 1. The van der Waals surface area contributed by atoms with Crippen LogP contribution in [-0.2, 0) is 12.0 Å². The summed E-state index contributed by atoms with van der Waals surface area (Å²) in [5.74, 6) is 0.817. The molecule has 2 N–H and O–H groups in total. The van der Waals surface area contributed by atoms with E-state index in [-0.39, 0.29) is 17.3 Å². The van der Waals surface area contributed by atoms with Crippen molar-refractivity contribution in [2.24, 2.45) is 0 Å². The smallest absolute Gasteiger partial charge is 0.165 e. The molecule has 2 aromatic rings. The molecular weight excluding hydrogens is 322 g/mol. The number of nitrogens with zero attached hydrogens (tertiary/aromatic N) is 1. The van der Waals surface area contributed by atoms with Crippen LogP contribution >= 0.6 is 11.3 Å². The molecule has 0 radical (unpaired) electrons. The van der Waals surface area contributed by atoms with E-state index in [0.717, 1.165) is 25.1 Å². The first-order chi connectivity index (χ1) is 11.7. The van der Waals surface area contributed by atoms with Gasteiger partial charge < -0.3 is 19.8 Å². The number of aliphatic hydroxyl groups is 1. The van der Waals surface area contributed by atoms with E-state index in [2.05, 4.69) is 27.8 Å². The van der Waals surface area contributed by atoms with Crippen LogP contribution in [0.4, 0.5) is 5.69 Å². The number of thiophene rings is 1. The fourth-order valence-electron chi connectivity index (χ4n) is 4.44. The molecule has 1 aliphatic carbocycles. The van der Waals surface area contributed by atoms with E-state index in [9.17, 15) is 10.2 Å². The van der Waals surface area contributed by atoms with E-state index in [1.807, 2.05) is 12.1 Å². The fourth-order valence-corrected chi connectivity index (χ4v) is 5.11. The molecule has 4 nitrogen and oxygen atoms in total. The van der Waals surface area contributed by atoms with E-state index in [4.69, 9.17) is 4.74 Å². The number of aromatic hydroxyl groups is 1. The van der Waals surface area contributed by atoms with Gasteiger partial charge in [-0.15, -0.1) is 0 Å². The molecule has 1 aromatic heterocycles. The Morgan fingerprint density at radius 3 is 3.04 bits per heavy atom. The second-order valence-corrected chi connectivity index (χ2v) is 7.69. The molecular formula is C19H19NO3S. The molecule has 0 saturated heterocycles. The summed E-state index contributed by atoms with van der Waals surface area (Å²) in [6.45, 7) is 1.74. The van der Waals surface area contributed by atoms with Gasteiger partial charge in [0.1, 0.15) is 6.10 Å². The maximum atomic E-state index is 10.3. The van der Waals surface area contributed by atoms with E-state index in [1.54, 1.807) is 17.4 Å². The van der Waals surface area contributed by atoms with Crippen molar-refractivity contribution in [2.45, 2.75) is 37.0 Å². The van der Waals surface area contributed by atoms with Gasteiger partial charge in [-0.3, -0.25) is 0 Å². The van der Waals surface area contributed by atoms with Crippen LogP contribution in [0.3, 0.4) is 0 Å². The van der Waals surface area contributed by atoms with Crippen molar-refractivity contribution in [3.05, 3.63) is 52.2 Å². The first kappa shape index (κ1) is 14.4. The van der Waals surface area contributed by atoms with Crippen LogP contribution in [0.1, 0.15) is 24.0 Å². The number of aliphatic hydroxyl groups excluding tert-OH is 1. The van der Waals surface area contributed by atoms with Crippen molar-refractivity contribution >= 4 is 17.0 Å². The molecule has 5 heteroatoms. The van der Waals surface area contributed by atoms with Gasteiger partial charge in [0.25, 0.3) is 0 Å². The van der Waals surface area contributed by atoms with Crippen LogP contribution in [0.5, 0.6) is 11.5 Å². The molecule has 0 amide bonds. The van der Waals surface area contributed by atoms with Gasteiger partial charge in [0.2, 0.25) is 0 Å². The van der Waals surface area contributed by atoms with E-state index < -0.39 is 6.10 Å². The summed E-state index contributed by atoms with van der Waals surface area (Å²) in [4.78, 5) is 2.40. The molecule has 0 fully saturated rings. The van der Waals surface area contributed by atoms with Crippen molar-refractivity contribution in [1.82, 2.24) is 0 Å². The van der Waals surface area contributed by atoms with E-state index in [1.165, 1.54) is 11.3 Å². The van der Waals surface area contributed by atoms with Gasteiger partial charge in [-0.2, -0.15) is 11.3 Å². The maximum Gasteiger partial charge on any atom is 0.165 e. The molecule has 1 aromatic carbocycles. The largest absolute Gasteiger partial charge is 0.504 e. The standard InChI is InChI=1S/C19H19NO3S/c21-14-3-5-19-6-7-20(13-4-8-24-11-13)10-12-1-2-15(22)18(17(12)19)23-16(19)9-14/h1-5,8,11,14,16,21-22H,6-7,9-10H2/t14-,16?,19?/m0/s1. The highest BCUT2D eigenvalue weighted by Crippen LogP contribution is 2.55. The molecule has 2 aliphatic heterocycles. The lowest BCUT2D eigenvalue weighted by Crippen LogP contribution is -2.43. The fraction of sp³-hybridized carbons (Fsp3) is 0.368. The quantitative estimate of drug-likeness (QED) is 0.782. The van der Waals surface area contributed by atoms with Crippen LogP contribution in [0.25, 0.3) is 0 Å². The van der Waals surface area contributed by atoms with Gasteiger partial charge in [0.15, 0.2) is 11.5 Å². The minimum atomic E-state index is -0.475. The van der Waals surface area contributed by atoms with Gasteiger partial charge in [0, 0.05) is 36.1 Å². The van der Waals surface area contributed by atoms with Crippen LogP contribution in [0, 0.1) is 0 Å². The monoisotopic (exact) mass is 341 g/mol. The zero-order valence-electron chi connectivity index (χ0n) is 13.2. The molecule has 3 aliphatic rings. The first-order valence-electron chi connectivity index (χ1n) is 8.34. The molecule has 0 bridgehead atoms. The zero-order valence-corrected chi connectivity index (χ0v) is 14.0. The third-order valence-electron chi connectivity index (χ3n) is 5.62. The Hall–Kier alpha value is -1.98. The van der Waals surface area contributed by atoms with Crippen molar-refractivity contribution in [2.75, 3.05) is 11.4 Å². The lowest BCUT2D eigenvalue weighted by atomic mass is 9.69. The normalized spacial score (nSPS) is 30.5. The highest BCUT2D eigenvalue weighted by Gasteiger charge is 2.52. The van der Waals surface area contributed by atoms with Crippen molar-refractivity contribution in [3.8, 4) is 11.5 Å². The highest BCUT2D eigenvalue weighted by molar-refractivity contribution is 7.08. The third-order valence-corrected chi connectivity index (χ3v) is 6.29. The second kappa shape index (κ2) is 5.01. The predicted molar refractivity (Wildman–Crippen MR) is 94.0 cm³/mol. The van der Waals surface area contributed by atoms with Gasteiger partial charge in [-0.05, 0) is 29.5 Å². The summed E-state index contributed by atoms with van der Waals surface area (Å²) < 4.78 is 6.13. The molecule has 1 spiro atoms. The van der Waals surface area contributed by atoms with Gasteiger partial charge in [-0.25, -0.2) is 0 Å². The molecule has 0 saturated carbocycles. The third kappa shape index (κ3) is 1.88. The zero-order chi connectivity index (χ0) is 16.3. The van der Waals surface area contributed by atoms with Crippen LogP contribution in [0.15, 0.2) is 41.1 Å². The van der Waals surface area contributed by atoms with E-state index in [0.29, 0.717) is 12.2 Å². The SMILES string of the molecule is Oc1ccc2c3c1OC1C[C@@H](O)C=CC31CCN(c1ccsc1)C2. The van der Waals surface area contributed by atoms with Crippen LogP contribution in [0.2, 0.25) is 0 Å². The Balaban J connectivity index is 1.68. The number of benzene rings is 1. The second-order valence-electron chi connectivity index (χ2n) is 6.91. The molecule has 3 atom stereocenters. The number of hydrogen-bond acceptors (Lipinski definition) is 5. The number of ether oxygens (including phenoxy) is 1. The van der Waals surface area contributed by atoms with Crippen molar-refractivity contribution in [1.29, 1.82) is 0 Å². The molecule has 2 unspecified atom stereocenters. The Labute approximate surface area is 144 Å². The Morgan fingerprint density at radius 1 is 1.29 bits per heavy atom. The summed E-state index contributed by atoms with van der Waals surface area (Å²) in [6, 6.07) is 5.91. The molecule has 24 heavy (non-hydrogen) atoms. The van der Waals surface area contributed by atoms with Crippen molar-refractivity contribution < 1.29 is 14.9 Å². The highest BCUT2D eigenvalue weighted by atomic mass is 32.1. The van der Waals surface area contributed by atoms with Gasteiger partial charge in [-0.1, -0.05) is 18.2 Å². The average Bonchev–Trinajstić information content (AvgIpc) is 3.17. The Morgan fingerprint density at radius 2 is 2.21 bits per heavy atom. The minimum Gasteiger partial charge on any atom is -0.504 e. The summed E-state index contributed by atoms with van der Waals surface area (Å²) in [5, 5.41) is 24.6. The van der Waals surface area contributed by atoms with Gasteiger partial charge >= 0.3 is 0 Å². The van der Waals surface area contributed by atoms with Gasteiger partial charge in [0.05, 0.1) is 11.5 Å². The number of rotatable bonds is 1. The summed E-state index contributed by atoms with van der Waals surface area (Å²) in [6.07, 6.45) is 4.92.